The maximum absolute atomic E-state index is 12.4. The Morgan fingerprint density at radius 1 is 0.966 bits per heavy atom. The number of benzene rings is 2. The third-order valence-corrected chi connectivity index (χ3v) is 4.44. The summed E-state index contributed by atoms with van der Waals surface area (Å²) < 4.78 is 5.14. The molecule has 0 aliphatic carbocycles. The van der Waals surface area contributed by atoms with Gasteiger partial charge in [-0.1, -0.05) is 12.1 Å². The number of carbonyl (C=O) groups is 2. The predicted molar refractivity (Wildman–Crippen MR) is 113 cm³/mol. The van der Waals surface area contributed by atoms with E-state index >= 15 is 0 Å². The van der Waals surface area contributed by atoms with Crippen LogP contribution in [0.1, 0.15) is 33.2 Å². The van der Waals surface area contributed by atoms with Crippen molar-refractivity contribution in [2.24, 2.45) is 0 Å². The molecule has 6 heteroatoms. The van der Waals surface area contributed by atoms with Crippen LogP contribution >= 0.6 is 0 Å². The van der Waals surface area contributed by atoms with Crippen molar-refractivity contribution in [3.8, 4) is 5.75 Å². The molecule has 0 radical (unpaired) electrons. The van der Waals surface area contributed by atoms with Gasteiger partial charge in [-0.05, 0) is 67.4 Å². The fourth-order valence-corrected chi connectivity index (χ4v) is 2.79. The lowest BCUT2D eigenvalue weighted by Gasteiger charge is -2.09. The van der Waals surface area contributed by atoms with Crippen molar-refractivity contribution in [2.45, 2.75) is 13.3 Å². The average Bonchev–Trinajstić information content (AvgIpc) is 2.75. The normalized spacial score (nSPS) is 10.3. The van der Waals surface area contributed by atoms with Crippen LogP contribution in [0, 0.1) is 0 Å². The summed E-state index contributed by atoms with van der Waals surface area (Å²) in [6.45, 7) is 2.06. The van der Waals surface area contributed by atoms with E-state index in [9.17, 15) is 9.59 Å². The van der Waals surface area contributed by atoms with E-state index in [0.29, 0.717) is 23.5 Å². The van der Waals surface area contributed by atoms with Crippen LogP contribution in [0.15, 0.2) is 66.9 Å². The molecule has 3 aromatic rings. The van der Waals surface area contributed by atoms with E-state index < -0.39 is 0 Å². The third-order valence-electron chi connectivity index (χ3n) is 4.44. The van der Waals surface area contributed by atoms with Crippen molar-refractivity contribution in [1.29, 1.82) is 0 Å². The van der Waals surface area contributed by atoms with Gasteiger partial charge in [0.05, 0.1) is 7.11 Å². The SMILES string of the molecule is COc1ccc(CCNC(=O)c2ccnc(Nc3ccc(C(C)=O)cc3)c2)cc1. The van der Waals surface area contributed by atoms with Crippen molar-refractivity contribution >= 4 is 23.2 Å². The number of rotatable bonds is 8. The second-order valence-corrected chi connectivity index (χ2v) is 6.54. The molecule has 2 aromatic carbocycles. The van der Waals surface area contributed by atoms with Crippen molar-refractivity contribution in [2.75, 3.05) is 19.0 Å². The van der Waals surface area contributed by atoms with E-state index in [1.807, 2.05) is 24.3 Å². The van der Waals surface area contributed by atoms with Gasteiger partial charge in [0, 0.05) is 29.6 Å². The Kier molecular flexibility index (Phi) is 6.58. The van der Waals surface area contributed by atoms with E-state index in [4.69, 9.17) is 4.74 Å². The highest BCUT2D eigenvalue weighted by atomic mass is 16.5. The van der Waals surface area contributed by atoms with Crippen LogP contribution in [0.3, 0.4) is 0 Å². The Balaban J connectivity index is 1.56. The lowest BCUT2D eigenvalue weighted by atomic mass is 10.1. The fraction of sp³-hybridized carbons (Fsp3) is 0.174. The smallest absolute Gasteiger partial charge is 0.251 e. The Labute approximate surface area is 169 Å². The number of nitrogens with zero attached hydrogens (tertiary/aromatic N) is 1. The highest BCUT2D eigenvalue weighted by Crippen LogP contribution is 2.17. The van der Waals surface area contributed by atoms with Gasteiger partial charge in [0.15, 0.2) is 5.78 Å². The van der Waals surface area contributed by atoms with Gasteiger partial charge >= 0.3 is 0 Å². The minimum atomic E-state index is -0.157. The lowest BCUT2D eigenvalue weighted by Crippen LogP contribution is -2.25. The molecule has 0 spiro atoms. The standard InChI is InChI=1S/C23H23N3O3/c1-16(27)18-5-7-20(8-6-18)26-22-15-19(12-14-24-22)23(28)25-13-11-17-3-9-21(29-2)10-4-17/h3-10,12,14-15H,11,13H2,1-2H3,(H,24,26)(H,25,28). The second kappa shape index (κ2) is 9.50. The number of amides is 1. The van der Waals surface area contributed by atoms with Crippen molar-refractivity contribution < 1.29 is 14.3 Å². The molecular formula is C23H23N3O3. The predicted octanol–water partition coefficient (Wildman–Crippen LogP) is 4.01. The van der Waals surface area contributed by atoms with Crippen LogP contribution in [0.2, 0.25) is 0 Å². The molecule has 6 nitrogen and oxygen atoms in total. The minimum absolute atomic E-state index is 0.0167. The van der Waals surface area contributed by atoms with E-state index in [0.717, 1.165) is 23.4 Å². The van der Waals surface area contributed by atoms with Gasteiger partial charge in [0.25, 0.3) is 5.91 Å². The minimum Gasteiger partial charge on any atom is -0.497 e. The van der Waals surface area contributed by atoms with Gasteiger partial charge < -0.3 is 15.4 Å². The number of nitrogens with one attached hydrogen (secondary N) is 2. The molecule has 29 heavy (non-hydrogen) atoms. The summed E-state index contributed by atoms with van der Waals surface area (Å²) in [6.07, 6.45) is 2.32. The topological polar surface area (TPSA) is 80.3 Å². The zero-order valence-corrected chi connectivity index (χ0v) is 16.4. The van der Waals surface area contributed by atoms with Gasteiger partial charge in [0.2, 0.25) is 0 Å². The molecule has 0 unspecified atom stereocenters. The van der Waals surface area contributed by atoms with E-state index in [-0.39, 0.29) is 11.7 Å². The summed E-state index contributed by atoms with van der Waals surface area (Å²) in [4.78, 5) is 28.0. The maximum Gasteiger partial charge on any atom is 0.251 e. The van der Waals surface area contributed by atoms with E-state index in [1.165, 1.54) is 6.92 Å². The number of hydrogen-bond acceptors (Lipinski definition) is 5. The number of pyridine rings is 1. The number of aromatic nitrogens is 1. The molecule has 1 aromatic heterocycles. The van der Waals surface area contributed by atoms with Crippen molar-refractivity contribution in [3.63, 3.8) is 0 Å². The van der Waals surface area contributed by atoms with E-state index in [1.54, 1.807) is 49.7 Å². The number of ketones is 1. The number of hydrogen-bond donors (Lipinski definition) is 2. The summed E-state index contributed by atoms with van der Waals surface area (Å²) in [6, 6.07) is 18.3. The molecule has 0 atom stereocenters. The molecular weight excluding hydrogens is 366 g/mol. The van der Waals surface area contributed by atoms with Crippen LogP contribution in [0.4, 0.5) is 11.5 Å². The molecule has 148 valence electrons. The largest absolute Gasteiger partial charge is 0.497 e. The Hall–Kier alpha value is -3.67. The summed E-state index contributed by atoms with van der Waals surface area (Å²) in [7, 11) is 1.63. The Bertz CT molecular complexity index is 983. The first kappa shape index (κ1) is 20.1. The van der Waals surface area contributed by atoms with Gasteiger partial charge in [-0.25, -0.2) is 4.98 Å². The van der Waals surface area contributed by atoms with Gasteiger partial charge in [-0.3, -0.25) is 9.59 Å². The highest BCUT2D eigenvalue weighted by Gasteiger charge is 2.07. The fourth-order valence-electron chi connectivity index (χ4n) is 2.79. The summed E-state index contributed by atoms with van der Waals surface area (Å²) in [5.74, 6) is 1.23. The number of Topliss-reactive ketones (excluding diaryl/α,β-unsaturated/α-hetero) is 1. The van der Waals surface area contributed by atoms with Gasteiger partial charge in [-0.2, -0.15) is 0 Å². The van der Waals surface area contributed by atoms with Crippen LogP contribution in [-0.4, -0.2) is 30.3 Å². The van der Waals surface area contributed by atoms with Crippen LogP contribution < -0.4 is 15.4 Å². The monoisotopic (exact) mass is 389 g/mol. The molecule has 0 aliphatic heterocycles. The molecule has 1 amide bonds. The lowest BCUT2D eigenvalue weighted by molar-refractivity contribution is 0.0953. The first-order chi connectivity index (χ1) is 14.0. The van der Waals surface area contributed by atoms with Crippen LogP contribution in [0.5, 0.6) is 5.75 Å². The van der Waals surface area contributed by atoms with Crippen LogP contribution in [0.25, 0.3) is 0 Å². The molecule has 1 heterocycles. The summed E-state index contributed by atoms with van der Waals surface area (Å²) in [5.41, 5.74) is 3.09. The number of anilines is 2. The summed E-state index contributed by atoms with van der Waals surface area (Å²) in [5, 5.41) is 6.07. The number of carbonyl (C=O) groups excluding carboxylic acids is 2. The molecule has 3 rings (SSSR count). The molecule has 0 bridgehead atoms. The van der Waals surface area contributed by atoms with Gasteiger partial charge in [0.1, 0.15) is 11.6 Å². The quantitative estimate of drug-likeness (QED) is 0.569. The highest BCUT2D eigenvalue weighted by molar-refractivity contribution is 5.95. The number of methoxy groups -OCH3 is 1. The molecule has 2 N–H and O–H groups in total. The zero-order valence-electron chi connectivity index (χ0n) is 16.4. The first-order valence-electron chi connectivity index (χ1n) is 9.30. The molecule has 0 fully saturated rings. The molecule has 0 saturated heterocycles. The summed E-state index contributed by atoms with van der Waals surface area (Å²) >= 11 is 0. The second-order valence-electron chi connectivity index (χ2n) is 6.54. The van der Waals surface area contributed by atoms with Gasteiger partial charge in [-0.15, -0.1) is 0 Å². The Morgan fingerprint density at radius 2 is 1.69 bits per heavy atom. The first-order valence-corrected chi connectivity index (χ1v) is 9.30. The molecule has 0 saturated carbocycles. The van der Waals surface area contributed by atoms with E-state index in [2.05, 4.69) is 15.6 Å². The average molecular weight is 389 g/mol. The third kappa shape index (κ3) is 5.65. The van der Waals surface area contributed by atoms with Crippen molar-refractivity contribution in [1.82, 2.24) is 10.3 Å². The molecule has 0 aliphatic rings. The zero-order chi connectivity index (χ0) is 20.6. The number of ether oxygens (including phenoxy) is 1. The van der Waals surface area contributed by atoms with Crippen molar-refractivity contribution in [3.05, 3.63) is 83.6 Å². The Morgan fingerprint density at radius 3 is 2.34 bits per heavy atom. The maximum atomic E-state index is 12.4. The van der Waals surface area contributed by atoms with Crippen LogP contribution in [-0.2, 0) is 6.42 Å².